The Kier molecular flexibility index (Phi) is 4.84. The van der Waals surface area contributed by atoms with Gasteiger partial charge in [0.05, 0.1) is 0 Å². The first-order valence-electron chi connectivity index (χ1n) is 7.64. The molecule has 0 amide bonds. The fraction of sp³-hybridized carbons (Fsp3) is 0.444. The molecule has 2 aliphatic rings. The van der Waals surface area contributed by atoms with Crippen LogP contribution in [-0.2, 0) is 0 Å². The highest BCUT2D eigenvalue weighted by Gasteiger charge is 2.42. The number of fused-ring (bicyclic) bond motifs is 1. The molecule has 0 heterocycles. The largest absolute Gasteiger partial charge is 0.355 e. The molecule has 2 aliphatic carbocycles. The molecular formula is C18H26FN2+. The molecule has 2 nitrogen and oxygen atoms in total. The molecule has 114 valence electrons. The van der Waals surface area contributed by atoms with Crippen LogP contribution in [0.2, 0.25) is 0 Å². The highest BCUT2D eigenvalue weighted by Crippen LogP contribution is 2.52. The predicted octanol–water partition coefficient (Wildman–Crippen LogP) is 3.08. The fourth-order valence-corrected chi connectivity index (χ4v) is 3.07. The van der Waals surface area contributed by atoms with Gasteiger partial charge in [-0.3, -0.25) is 5.32 Å². The minimum absolute atomic E-state index is 0.260. The zero-order valence-corrected chi connectivity index (χ0v) is 13.2. The van der Waals surface area contributed by atoms with Crippen LogP contribution in [0.3, 0.4) is 0 Å². The number of nitrogens with two attached hydrogens (primary N) is 2. The van der Waals surface area contributed by atoms with Crippen LogP contribution in [0.1, 0.15) is 33.6 Å². The summed E-state index contributed by atoms with van der Waals surface area (Å²) in [5, 5.41) is 1.91. The van der Waals surface area contributed by atoms with E-state index in [2.05, 4.69) is 39.5 Å². The normalized spacial score (nSPS) is 26.7. The molecule has 0 aromatic carbocycles. The lowest BCUT2D eigenvalue weighted by Crippen LogP contribution is -2.81. The van der Waals surface area contributed by atoms with Gasteiger partial charge in [-0.25, -0.2) is 4.39 Å². The maximum absolute atomic E-state index is 13.5. The Hall–Kier alpha value is -1.61. The third-order valence-corrected chi connectivity index (χ3v) is 4.31. The summed E-state index contributed by atoms with van der Waals surface area (Å²) in [6, 6.07) is 0. The van der Waals surface area contributed by atoms with Gasteiger partial charge in [-0.15, -0.1) is 0 Å². The molecule has 3 unspecified atom stereocenters. The van der Waals surface area contributed by atoms with Crippen LogP contribution in [0, 0.1) is 11.8 Å². The van der Waals surface area contributed by atoms with E-state index in [9.17, 15) is 4.39 Å². The third kappa shape index (κ3) is 3.53. The van der Waals surface area contributed by atoms with Crippen molar-refractivity contribution >= 4 is 0 Å². The number of alkyl halides is 1. The van der Waals surface area contributed by atoms with Crippen molar-refractivity contribution in [3.63, 3.8) is 0 Å². The lowest BCUT2D eigenvalue weighted by Gasteiger charge is -2.13. The lowest BCUT2D eigenvalue weighted by atomic mass is 9.92. The van der Waals surface area contributed by atoms with E-state index in [0.717, 1.165) is 12.1 Å². The molecular weight excluding hydrogens is 263 g/mol. The van der Waals surface area contributed by atoms with Gasteiger partial charge < -0.3 is 5.73 Å². The van der Waals surface area contributed by atoms with Crippen LogP contribution >= 0.6 is 0 Å². The van der Waals surface area contributed by atoms with Gasteiger partial charge in [0.25, 0.3) is 0 Å². The average molecular weight is 289 g/mol. The number of halogens is 1. The zero-order chi connectivity index (χ0) is 15.6. The van der Waals surface area contributed by atoms with Crippen LogP contribution < -0.4 is 11.1 Å². The summed E-state index contributed by atoms with van der Waals surface area (Å²) in [7, 11) is 0. The Morgan fingerprint density at radius 2 is 2.24 bits per heavy atom. The van der Waals surface area contributed by atoms with Gasteiger partial charge in [0.15, 0.2) is 5.82 Å². The minimum Gasteiger partial charge on any atom is -0.355 e. The Balaban J connectivity index is 2.27. The van der Waals surface area contributed by atoms with Crippen molar-refractivity contribution < 1.29 is 9.71 Å². The topological polar surface area (TPSA) is 42.6 Å². The van der Waals surface area contributed by atoms with E-state index in [-0.39, 0.29) is 5.92 Å². The van der Waals surface area contributed by atoms with E-state index in [4.69, 9.17) is 5.73 Å². The van der Waals surface area contributed by atoms with E-state index in [1.807, 2.05) is 11.4 Å². The van der Waals surface area contributed by atoms with Crippen molar-refractivity contribution in [1.82, 2.24) is 0 Å². The van der Waals surface area contributed by atoms with Gasteiger partial charge in [0.1, 0.15) is 11.9 Å². The molecule has 2 rings (SSSR count). The highest BCUT2D eigenvalue weighted by molar-refractivity contribution is 5.54. The number of hydrogen-bond donors (Lipinski definition) is 2. The average Bonchev–Trinajstić information content (AvgIpc) is 3.11. The second-order valence-electron chi connectivity index (χ2n) is 5.96. The van der Waals surface area contributed by atoms with Crippen LogP contribution in [0.25, 0.3) is 0 Å². The summed E-state index contributed by atoms with van der Waals surface area (Å²) in [5.74, 6) is 1.21. The van der Waals surface area contributed by atoms with Crippen molar-refractivity contribution in [2.75, 3.05) is 0 Å². The van der Waals surface area contributed by atoms with Crippen molar-refractivity contribution in [1.29, 1.82) is 0 Å². The van der Waals surface area contributed by atoms with E-state index in [0.29, 0.717) is 18.2 Å². The number of quaternary nitrogens is 1. The first-order chi connectivity index (χ1) is 9.95. The number of hydrogen-bond acceptors (Lipinski definition) is 1. The highest BCUT2D eigenvalue weighted by atomic mass is 19.1. The predicted molar refractivity (Wildman–Crippen MR) is 85.7 cm³/mol. The molecule has 0 saturated heterocycles. The molecule has 0 bridgehead atoms. The van der Waals surface area contributed by atoms with Gasteiger partial charge in [-0.05, 0) is 31.1 Å². The van der Waals surface area contributed by atoms with Crippen molar-refractivity contribution in [3.8, 4) is 0 Å². The summed E-state index contributed by atoms with van der Waals surface area (Å²) in [4.78, 5) is 0. The van der Waals surface area contributed by atoms with E-state index in [1.54, 1.807) is 6.08 Å². The van der Waals surface area contributed by atoms with Gasteiger partial charge in [0.2, 0.25) is 0 Å². The van der Waals surface area contributed by atoms with Crippen LogP contribution in [-0.4, -0.2) is 6.17 Å². The summed E-state index contributed by atoms with van der Waals surface area (Å²) in [6.45, 7) is 10.1. The Morgan fingerprint density at radius 1 is 1.52 bits per heavy atom. The maximum atomic E-state index is 13.5. The Morgan fingerprint density at radius 3 is 2.81 bits per heavy atom. The SMILES string of the molecule is C=C(N)[NH2+]C(C)=C(C)C(C=CCC)C1=C2CC(F)C=CC21. The van der Waals surface area contributed by atoms with Crippen LogP contribution in [0.4, 0.5) is 4.39 Å². The Bertz CT molecular complexity index is 552. The van der Waals surface area contributed by atoms with E-state index >= 15 is 0 Å². The third-order valence-electron chi connectivity index (χ3n) is 4.31. The summed E-state index contributed by atoms with van der Waals surface area (Å²) >= 11 is 0. The van der Waals surface area contributed by atoms with Gasteiger partial charge in [0, 0.05) is 25.2 Å². The first-order valence-corrected chi connectivity index (χ1v) is 7.64. The molecule has 0 spiro atoms. The van der Waals surface area contributed by atoms with Crippen molar-refractivity contribution in [2.45, 2.75) is 39.8 Å². The molecule has 3 heteroatoms. The summed E-state index contributed by atoms with van der Waals surface area (Å²) < 4.78 is 13.5. The molecule has 0 radical (unpaired) electrons. The van der Waals surface area contributed by atoms with Gasteiger partial charge in [-0.2, -0.15) is 0 Å². The summed E-state index contributed by atoms with van der Waals surface area (Å²) in [6.07, 6.45) is 8.89. The molecule has 0 aliphatic heterocycles. The van der Waals surface area contributed by atoms with Crippen molar-refractivity contribution in [2.24, 2.45) is 17.6 Å². The summed E-state index contributed by atoms with van der Waals surface area (Å²) in [5.41, 5.74) is 10.8. The lowest BCUT2D eigenvalue weighted by molar-refractivity contribution is -0.556. The second-order valence-corrected chi connectivity index (χ2v) is 5.96. The number of allylic oxidation sites excluding steroid dienone is 8. The fourth-order valence-electron chi connectivity index (χ4n) is 3.07. The smallest absolute Gasteiger partial charge is 0.192 e. The van der Waals surface area contributed by atoms with Crippen LogP contribution in [0.15, 0.2) is 59.1 Å². The minimum atomic E-state index is -0.815. The molecule has 0 fully saturated rings. The molecule has 4 N–H and O–H groups in total. The molecule has 21 heavy (non-hydrogen) atoms. The maximum Gasteiger partial charge on any atom is 0.192 e. The van der Waals surface area contributed by atoms with E-state index in [1.165, 1.54) is 16.7 Å². The standard InChI is InChI=1S/C18H25FN2/c1-5-6-7-15(11(2)12(3)21-13(4)20)18-16-9-8-14(19)10-17(16)18/h6-9,14-16,21H,4-5,10,20H2,1-3H3/p+1. The molecule has 0 saturated carbocycles. The Labute approximate surface area is 127 Å². The van der Waals surface area contributed by atoms with E-state index < -0.39 is 6.17 Å². The molecule has 3 atom stereocenters. The quantitative estimate of drug-likeness (QED) is 0.725. The van der Waals surface area contributed by atoms with Crippen LogP contribution in [0.5, 0.6) is 0 Å². The zero-order valence-electron chi connectivity index (χ0n) is 13.2. The van der Waals surface area contributed by atoms with Crippen molar-refractivity contribution in [3.05, 3.63) is 59.1 Å². The van der Waals surface area contributed by atoms with Gasteiger partial charge in [-0.1, -0.05) is 36.8 Å². The number of rotatable bonds is 6. The molecule has 0 aromatic heterocycles. The van der Waals surface area contributed by atoms with Gasteiger partial charge >= 0.3 is 0 Å². The second kappa shape index (κ2) is 6.44. The first kappa shape index (κ1) is 15.8. The molecule has 0 aromatic rings. The monoisotopic (exact) mass is 289 g/mol.